The second-order valence-corrected chi connectivity index (χ2v) is 6.45. The third kappa shape index (κ3) is 4.53. The van der Waals surface area contributed by atoms with Crippen molar-refractivity contribution in [3.8, 4) is 0 Å². The predicted molar refractivity (Wildman–Crippen MR) is 115 cm³/mol. The van der Waals surface area contributed by atoms with Gasteiger partial charge in [0.15, 0.2) is 0 Å². The molecule has 3 aromatic carbocycles. The molecule has 2 nitrogen and oxygen atoms in total. The fourth-order valence-corrected chi connectivity index (χ4v) is 3.20. The zero-order valence-corrected chi connectivity index (χ0v) is 15.9. The highest BCUT2D eigenvalue weighted by Gasteiger charge is 2.15. The summed E-state index contributed by atoms with van der Waals surface area (Å²) in [5.41, 5.74) is 5.85. The molecule has 3 aromatic rings. The molecule has 1 amide bonds. The summed E-state index contributed by atoms with van der Waals surface area (Å²) in [5.74, 6) is -0.0827. The topological polar surface area (TPSA) is 29.1 Å². The largest absolute Gasteiger partial charge is 0.321 e. The highest BCUT2D eigenvalue weighted by molar-refractivity contribution is 6.29. The monoisotopic (exact) mass is 355 g/mol. The van der Waals surface area contributed by atoms with Crippen molar-refractivity contribution in [2.45, 2.75) is 26.7 Å². The number of nitrogens with one attached hydrogen (secondary N) is 1. The minimum absolute atomic E-state index is 0.0827. The van der Waals surface area contributed by atoms with E-state index in [1.165, 1.54) is 0 Å². The molecule has 0 aliphatic rings. The average molecular weight is 355 g/mol. The van der Waals surface area contributed by atoms with Gasteiger partial charge in [-0.1, -0.05) is 92.7 Å². The van der Waals surface area contributed by atoms with E-state index in [1.807, 2.05) is 66.7 Å². The van der Waals surface area contributed by atoms with Crippen molar-refractivity contribution in [3.05, 3.63) is 101 Å². The molecule has 0 heterocycles. The van der Waals surface area contributed by atoms with Gasteiger partial charge in [0.2, 0.25) is 0 Å². The lowest BCUT2D eigenvalue weighted by molar-refractivity contribution is -0.111. The molecule has 0 bridgehead atoms. The molecule has 27 heavy (non-hydrogen) atoms. The number of benzene rings is 3. The van der Waals surface area contributed by atoms with Crippen LogP contribution in [-0.2, 0) is 17.6 Å². The SMILES string of the molecule is CCc1cccc(CC)c1NC(=O)/C(=C/c1ccccc1)c1ccccc1. The van der Waals surface area contributed by atoms with Crippen LogP contribution in [-0.4, -0.2) is 5.91 Å². The van der Waals surface area contributed by atoms with Crippen LogP contribution in [0.15, 0.2) is 78.9 Å². The Morgan fingerprint density at radius 2 is 1.33 bits per heavy atom. The second-order valence-electron chi connectivity index (χ2n) is 6.45. The van der Waals surface area contributed by atoms with E-state index in [-0.39, 0.29) is 5.91 Å². The molecule has 2 heteroatoms. The first-order chi connectivity index (χ1) is 13.2. The summed E-state index contributed by atoms with van der Waals surface area (Å²) in [6.07, 6.45) is 3.71. The molecule has 3 rings (SSSR count). The zero-order valence-electron chi connectivity index (χ0n) is 15.9. The second kappa shape index (κ2) is 9.00. The number of aryl methyl sites for hydroxylation is 2. The lowest BCUT2D eigenvalue weighted by atomic mass is 10.00. The highest BCUT2D eigenvalue weighted by Crippen LogP contribution is 2.26. The van der Waals surface area contributed by atoms with Gasteiger partial charge in [-0.15, -0.1) is 0 Å². The van der Waals surface area contributed by atoms with Gasteiger partial charge in [0, 0.05) is 11.3 Å². The lowest BCUT2D eigenvalue weighted by Crippen LogP contribution is -2.16. The Hall–Kier alpha value is -3.13. The molecular formula is C25H25NO. The number of carbonyl (C=O) groups excluding carboxylic acids is 1. The maximum atomic E-state index is 13.3. The van der Waals surface area contributed by atoms with Gasteiger partial charge in [0.1, 0.15) is 0 Å². The molecule has 1 N–H and O–H groups in total. The van der Waals surface area contributed by atoms with Gasteiger partial charge < -0.3 is 5.32 Å². The van der Waals surface area contributed by atoms with E-state index >= 15 is 0 Å². The minimum atomic E-state index is -0.0827. The van der Waals surface area contributed by atoms with E-state index in [1.54, 1.807) is 0 Å². The third-order valence-electron chi connectivity index (χ3n) is 4.68. The van der Waals surface area contributed by atoms with E-state index < -0.39 is 0 Å². The van der Waals surface area contributed by atoms with Crippen LogP contribution in [0.1, 0.15) is 36.1 Å². The Bertz CT molecular complexity index is 905. The molecular weight excluding hydrogens is 330 g/mol. The summed E-state index contributed by atoms with van der Waals surface area (Å²) in [5, 5.41) is 3.19. The van der Waals surface area contributed by atoms with Crippen LogP contribution < -0.4 is 5.32 Å². The molecule has 0 atom stereocenters. The maximum Gasteiger partial charge on any atom is 0.256 e. The molecule has 0 spiro atoms. The Labute approximate surface area is 161 Å². The Balaban J connectivity index is 2.02. The van der Waals surface area contributed by atoms with Crippen molar-refractivity contribution >= 4 is 23.2 Å². The third-order valence-corrected chi connectivity index (χ3v) is 4.68. The lowest BCUT2D eigenvalue weighted by Gasteiger charge is -2.16. The number of amides is 1. The van der Waals surface area contributed by atoms with Gasteiger partial charge in [0.05, 0.1) is 0 Å². The van der Waals surface area contributed by atoms with Gasteiger partial charge in [0.25, 0.3) is 5.91 Å². The number of carbonyl (C=O) groups is 1. The first-order valence-corrected chi connectivity index (χ1v) is 9.47. The summed E-state index contributed by atoms with van der Waals surface area (Å²) < 4.78 is 0. The number of hydrogen-bond donors (Lipinski definition) is 1. The smallest absolute Gasteiger partial charge is 0.256 e. The van der Waals surface area contributed by atoms with E-state index in [9.17, 15) is 4.79 Å². The maximum absolute atomic E-state index is 13.3. The summed E-state index contributed by atoms with van der Waals surface area (Å²) in [4.78, 5) is 13.3. The first kappa shape index (κ1) is 18.7. The van der Waals surface area contributed by atoms with Crippen molar-refractivity contribution in [3.63, 3.8) is 0 Å². The van der Waals surface area contributed by atoms with Crippen molar-refractivity contribution in [2.24, 2.45) is 0 Å². The molecule has 0 aliphatic carbocycles. The van der Waals surface area contributed by atoms with Crippen LogP contribution in [0.4, 0.5) is 5.69 Å². The van der Waals surface area contributed by atoms with Crippen molar-refractivity contribution in [2.75, 3.05) is 5.32 Å². The quantitative estimate of drug-likeness (QED) is 0.427. The Morgan fingerprint density at radius 1 is 0.778 bits per heavy atom. The van der Waals surface area contributed by atoms with Crippen molar-refractivity contribution in [1.29, 1.82) is 0 Å². The fraction of sp³-hybridized carbons (Fsp3) is 0.160. The zero-order chi connectivity index (χ0) is 19.1. The van der Waals surface area contributed by atoms with Crippen LogP contribution in [0, 0.1) is 0 Å². The van der Waals surface area contributed by atoms with Crippen molar-refractivity contribution in [1.82, 2.24) is 0 Å². The molecule has 0 aliphatic heterocycles. The summed E-state index contributed by atoms with van der Waals surface area (Å²) >= 11 is 0. The molecule has 0 saturated heterocycles. The average Bonchev–Trinajstić information content (AvgIpc) is 2.73. The molecule has 0 aromatic heterocycles. The number of anilines is 1. The molecule has 0 saturated carbocycles. The van der Waals surface area contributed by atoms with Crippen LogP contribution in [0.25, 0.3) is 11.6 Å². The standard InChI is InChI=1S/C25H25NO/c1-3-20-16-11-17-21(4-2)24(20)26-25(27)23(22-14-9-6-10-15-22)18-19-12-7-5-8-13-19/h5-18H,3-4H2,1-2H3,(H,26,27)/b23-18+. The van der Waals surface area contributed by atoms with Crippen LogP contribution >= 0.6 is 0 Å². The van der Waals surface area contributed by atoms with E-state index in [0.29, 0.717) is 5.57 Å². The number of para-hydroxylation sites is 1. The molecule has 0 radical (unpaired) electrons. The van der Waals surface area contributed by atoms with Crippen LogP contribution in [0.3, 0.4) is 0 Å². The summed E-state index contributed by atoms with van der Waals surface area (Å²) in [6, 6.07) is 26.0. The summed E-state index contributed by atoms with van der Waals surface area (Å²) in [6.45, 7) is 4.23. The van der Waals surface area contributed by atoms with E-state index in [0.717, 1.165) is 40.8 Å². The molecule has 0 fully saturated rings. The van der Waals surface area contributed by atoms with Gasteiger partial charge in [-0.05, 0) is 41.2 Å². The highest BCUT2D eigenvalue weighted by atomic mass is 16.1. The van der Waals surface area contributed by atoms with Crippen LogP contribution in [0.5, 0.6) is 0 Å². The van der Waals surface area contributed by atoms with Gasteiger partial charge in [-0.3, -0.25) is 4.79 Å². The van der Waals surface area contributed by atoms with Gasteiger partial charge >= 0.3 is 0 Å². The van der Waals surface area contributed by atoms with Gasteiger partial charge in [-0.25, -0.2) is 0 Å². The number of rotatable bonds is 6. The van der Waals surface area contributed by atoms with Crippen molar-refractivity contribution < 1.29 is 4.79 Å². The molecule has 136 valence electrons. The fourth-order valence-electron chi connectivity index (χ4n) is 3.20. The summed E-state index contributed by atoms with van der Waals surface area (Å²) in [7, 11) is 0. The van der Waals surface area contributed by atoms with E-state index in [2.05, 4.69) is 37.4 Å². The van der Waals surface area contributed by atoms with Crippen LogP contribution in [0.2, 0.25) is 0 Å². The first-order valence-electron chi connectivity index (χ1n) is 9.47. The van der Waals surface area contributed by atoms with Gasteiger partial charge in [-0.2, -0.15) is 0 Å². The Morgan fingerprint density at radius 3 is 1.89 bits per heavy atom. The predicted octanol–water partition coefficient (Wildman–Crippen LogP) is 5.99. The Kier molecular flexibility index (Phi) is 6.22. The molecule has 0 unspecified atom stereocenters. The normalized spacial score (nSPS) is 11.3. The minimum Gasteiger partial charge on any atom is -0.321 e. The number of hydrogen-bond acceptors (Lipinski definition) is 1. The van der Waals surface area contributed by atoms with E-state index in [4.69, 9.17) is 0 Å².